The lowest BCUT2D eigenvalue weighted by atomic mass is 10.2. The van der Waals surface area contributed by atoms with Crippen molar-refractivity contribution in [1.29, 1.82) is 5.26 Å². The Labute approximate surface area is 156 Å². The lowest BCUT2D eigenvalue weighted by molar-refractivity contribution is -0.115. The SMILES string of the molecule is C=CCn1c(S[C@@H](C)C(=O)Nc2ccc(C#N)cc2)nc2ccccc21. The van der Waals surface area contributed by atoms with Crippen molar-refractivity contribution in [1.82, 2.24) is 9.55 Å². The van der Waals surface area contributed by atoms with Gasteiger partial charge in [-0.2, -0.15) is 5.26 Å². The molecule has 5 nitrogen and oxygen atoms in total. The van der Waals surface area contributed by atoms with Crippen molar-refractivity contribution < 1.29 is 4.79 Å². The van der Waals surface area contributed by atoms with E-state index in [1.807, 2.05) is 37.3 Å². The number of aromatic nitrogens is 2. The number of amides is 1. The molecule has 3 aromatic rings. The molecule has 0 unspecified atom stereocenters. The summed E-state index contributed by atoms with van der Waals surface area (Å²) in [4.78, 5) is 17.1. The lowest BCUT2D eigenvalue weighted by Crippen LogP contribution is -2.22. The number of hydrogen-bond donors (Lipinski definition) is 1. The molecule has 0 saturated carbocycles. The Morgan fingerprint density at radius 1 is 1.35 bits per heavy atom. The van der Waals surface area contributed by atoms with E-state index in [1.54, 1.807) is 24.3 Å². The van der Waals surface area contributed by atoms with E-state index in [1.165, 1.54) is 11.8 Å². The van der Waals surface area contributed by atoms with E-state index >= 15 is 0 Å². The molecule has 0 bridgehead atoms. The van der Waals surface area contributed by atoms with E-state index in [-0.39, 0.29) is 11.2 Å². The molecule has 0 fully saturated rings. The number of allylic oxidation sites excluding steroid dienone is 1. The number of carbonyl (C=O) groups is 1. The number of para-hydroxylation sites is 2. The summed E-state index contributed by atoms with van der Waals surface area (Å²) in [5.74, 6) is -0.114. The van der Waals surface area contributed by atoms with Gasteiger partial charge in [0.25, 0.3) is 0 Å². The van der Waals surface area contributed by atoms with Crippen LogP contribution in [0.4, 0.5) is 5.69 Å². The predicted octanol–water partition coefficient (Wildman–Crippen LogP) is 4.21. The van der Waals surface area contributed by atoms with Gasteiger partial charge in [0, 0.05) is 12.2 Å². The van der Waals surface area contributed by atoms with Crippen molar-refractivity contribution in [3.8, 4) is 6.07 Å². The van der Waals surface area contributed by atoms with E-state index in [2.05, 4.69) is 27.5 Å². The fourth-order valence-electron chi connectivity index (χ4n) is 2.53. The highest BCUT2D eigenvalue weighted by molar-refractivity contribution is 8.00. The third-order valence-corrected chi connectivity index (χ3v) is 4.95. The number of hydrogen-bond acceptors (Lipinski definition) is 4. The smallest absolute Gasteiger partial charge is 0.237 e. The molecule has 0 aliphatic carbocycles. The highest BCUT2D eigenvalue weighted by atomic mass is 32.2. The number of anilines is 1. The molecule has 1 aromatic heterocycles. The molecule has 130 valence electrons. The summed E-state index contributed by atoms with van der Waals surface area (Å²) in [5.41, 5.74) is 3.15. The Morgan fingerprint density at radius 3 is 2.77 bits per heavy atom. The largest absolute Gasteiger partial charge is 0.325 e. The molecule has 0 aliphatic heterocycles. The van der Waals surface area contributed by atoms with Gasteiger partial charge < -0.3 is 9.88 Å². The Morgan fingerprint density at radius 2 is 2.08 bits per heavy atom. The first-order valence-corrected chi connectivity index (χ1v) is 9.04. The zero-order chi connectivity index (χ0) is 18.5. The first kappa shape index (κ1) is 17.8. The molecular formula is C20H18N4OS. The second-order valence-corrected chi connectivity index (χ2v) is 7.03. The van der Waals surface area contributed by atoms with Crippen LogP contribution in [0.3, 0.4) is 0 Å². The van der Waals surface area contributed by atoms with E-state index in [4.69, 9.17) is 5.26 Å². The minimum Gasteiger partial charge on any atom is -0.325 e. The molecule has 1 heterocycles. The lowest BCUT2D eigenvalue weighted by Gasteiger charge is -2.13. The molecule has 26 heavy (non-hydrogen) atoms. The molecule has 1 N–H and O–H groups in total. The molecule has 0 aliphatic rings. The first-order chi connectivity index (χ1) is 12.6. The standard InChI is InChI=1S/C20H18N4OS/c1-3-12-24-18-7-5-4-6-17(18)23-20(24)26-14(2)19(25)22-16-10-8-15(13-21)9-11-16/h3-11,14H,1,12H2,2H3,(H,22,25)/t14-/m0/s1. The molecule has 1 amide bonds. The van der Waals surface area contributed by atoms with Crippen molar-refractivity contribution in [3.05, 3.63) is 66.7 Å². The fraction of sp³-hybridized carbons (Fsp3) is 0.150. The Balaban J connectivity index is 1.76. The summed E-state index contributed by atoms with van der Waals surface area (Å²) in [6.45, 7) is 6.29. The number of thioether (sulfide) groups is 1. The monoisotopic (exact) mass is 362 g/mol. The molecule has 0 spiro atoms. The Kier molecular flexibility index (Phi) is 5.40. The van der Waals surface area contributed by atoms with Crippen LogP contribution in [0, 0.1) is 11.3 Å². The molecular weight excluding hydrogens is 344 g/mol. The number of benzene rings is 2. The van der Waals surface area contributed by atoms with Gasteiger partial charge in [0.05, 0.1) is 27.9 Å². The van der Waals surface area contributed by atoms with Crippen LogP contribution in [0.25, 0.3) is 11.0 Å². The van der Waals surface area contributed by atoms with Crippen molar-refractivity contribution in [3.63, 3.8) is 0 Å². The van der Waals surface area contributed by atoms with Gasteiger partial charge in [-0.1, -0.05) is 30.0 Å². The van der Waals surface area contributed by atoms with Crippen LogP contribution in [0.1, 0.15) is 12.5 Å². The number of fused-ring (bicyclic) bond motifs is 1. The maximum absolute atomic E-state index is 12.5. The van der Waals surface area contributed by atoms with E-state index in [9.17, 15) is 4.79 Å². The number of carbonyl (C=O) groups excluding carboxylic acids is 1. The summed E-state index contributed by atoms with van der Waals surface area (Å²) >= 11 is 1.41. The van der Waals surface area contributed by atoms with Crippen LogP contribution < -0.4 is 5.32 Å². The van der Waals surface area contributed by atoms with Gasteiger partial charge in [-0.05, 0) is 43.3 Å². The van der Waals surface area contributed by atoms with Gasteiger partial charge in [0.15, 0.2) is 5.16 Å². The van der Waals surface area contributed by atoms with E-state index < -0.39 is 0 Å². The van der Waals surface area contributed by atoms with Gasteiger partial charge in [0.1, 0.15) is 0 Å². The quantitative estimate of drug-likeness (QED) is 0.527. The summed E-state index contributed by atoms with van der Waals surface area (Å²) in [6.07, 6.45) is 1.82. The van der Waals surface area contributed by atoms with Crippen LogP contribution in [-0.2, 0) is 11.3 Å². The Hall–Kier alpha value is -3.04. The fourth-order valence-corrected chi connectivity index (χ4v) is 3.47. The number of nitrogens with one attached hydrogen (secondary N) is 1. The molecule has 0 radical (unpaired) electrons. The van der Waals surface area contributed by atoms with Crippen LogP contribution >= 0.6 is 11.8 Å². The van der Waals surface area contributed by atoms with Crippen molar-refractivity contribution in [2.45, 2.75) is 23.9 Å². The maximum Gasteiger partial charge on any atom is 0.237 e. The highest BCUT2D eigenvalue weighted by Crippen LogP contribution is 2.28. The van der Waals surface area contributed by atoms with Gasteiger partial charge >= 0.3 is 0 Å². The molecule has 0 saturated heterocycles. The first-order valence-electron chi connectivity index (χ1n) is 8.16. The van der Waals surface area contributed by atoms with Crippen LogP contribution in [-0.4, -0.2) is 20.7 Å². The maximum atomic E-state index is 12.5. The molecule has 6 heteroatoms. The molecule has 1 atom stereocenters. The average Bonchev–Trinajstić information content (AvgIpc) is 3.00. The summed E-state index contributed by atoms with van der Waals surface area (Å²) in [6, 6.07) is 16.7. The second-order valence-electron chi connectivity index (χ2n) is 5.72. The summed E-state index contributed by atoms with van der Waals surface area (Å²) in [5, 5.41) is 12.2. The number of rotatable bonds is 6. The molecule has 2 aromatic carbocycles. The molecule has 3 rings (SSSR count). The van der Waals surface area contributed by atoms with Gasteiger partial charge in [-0.15, -0.1) is 6.58 Å². The van der Waals surface area contributed by atoms with Crippen LogP contribution in [0.5, 0.6) is 0 Å². The zero-order valence-corrected chi connectivity index (χ0v) is 15.2. The number of nitriles is 1. The van der Waals surface area contributed by atoms with E-state index in [0.29, 0.717) is 17.8 Å². The van der Waals surface area contributed by atoms with Gasteiger partial charge in [-0.3, -0.25) is 4.79 Å². The zero-order valence-electron chi connectivity index (χ0n) is 14.3. The summed E-state index contributed by atoms with van der Waals surface area (Å²) in [7, 11) is 0. The highest BCUT2D eigenvalue weighted by Gasteiger charge is 2.19. The topological polar surface area (TPSA) is 70.7 Å². The van der Waals surface area contributed by atoms with Crippen molar-refractivity contribution in [2.24, 2.45) is 0 Å². The van der Waals surface area contributed by atoms with Gasteiger partial charge in [0.2, 0.25) is 5.91 Å². The normalized spacial score (nSPS) is 11.7. The van der Waals surface area contributed by atoms with Crippen LogP contribution in [0.15, 0.2) is 66.3 Å². The second kappa shape index (κ2) is 7.89. The predicted molar refractivity (Wildman–Crippen MR) is 105 cm³/mol. The third kappa shape index (κ3) is 3.79. The number of nitrogens with zero attached hydrogens (tertiary/aromatic N) is 3. The minimum atomic E-state index is -0.328. The summed E-state index contributed by atoms with van der Waals surface area (Å²) < 4.78 is 2.05. The number of imidazole rings is 1. The van der Waals surface area contributed by atoms with E-state index in [0.717, 1.165) is 16.2 Å². The van der Waals surface area contributed by atoms with Crippen molar-refractivity contribution in [2.75, 3.05) is 5.32 Å². The third-order valence-electron chi connectivity index (χ3n) is 3.86. The van der Waals surface area contributed by atoms with Crippen LogP contribution in [0.2, 0.25) is 0 Å². The minimum absolute atomic E-state index is 0.114. The average molecular weight is 362 g/mol. The van der Waals surface area contributed by atoms with Crippen molar-refractivity contribution >= 4 is 34.4 Å². The Bertz CT molecular complexity index is 985. The van der Waals surface area contributed by atoms with Gasteiger partial charge in [-0.25, -0.2) is 4.98 Å².